The van der Waals surface area contributed by atoms with E-state index in [4.69, 9.17) is 4.74 Å². The van der Waals surface area contributed by atoms with Gasteiger partial charge in [0.1, 0.15) is 5.75 Å². The lowest BCUT2D eigenvalue weighted by Gasteiger charge is -2.36. The van der Waals surface area contributed by atoms with Gasteiger partial charge in [0.15, 0.2) is 6.61 Å². The Hall–Kier alpha value is -2.53. The highest BCUT2D eigenvalue weighted by Crippen LogP contribution is 2.15. The largest absolute Gasteiger partial charge is 0.484 e. The number of benzene rings is 2. The van der Waals surface area contributed by atoms with Crippen LogP contribution in [0.25, 0.3) is 0 Å². The van der Waals surface area contributed by atoms with E-state index in [-0.39, 0.29) is 12.5 Å². The Kier molecular flexibility index (Phi) is 7.11. The van der Waals surface area contributed by atoms with E-state index in [0.717, 1.165) is 50.5 Å². The number of carbonyl (C=O) groups excluding carboxylic acids is 1. The first-order valence-electron chi connectivity index (χ1n) is 9.69. The molecule has 0 saturated carbocycles. The zero-order valence-corrected chi connectivity index (χ0v) is 16.1. The Bertz CT molecular complexity index is 713. The number of anilines is 1. The van der Waals surface area contributed by atoms with Gasteiger partial charge in [0, 0.05) is 38.4 Å². The highest BCUT2D eigenvalue weighted by Gasteiger charge is 2.16. The average Bonchev–Trinajstić information content (AvgIpc) is 2.71. The molecule has 1 aliphatic rings. The Balaban J connectivity index is 1.27. The number of carbonyl (C=O) groups is 1. The van der Waals surface area contributed by atoms with Gasteiger partial charge in [0.05, 0.1) is 0 Å². The number of ether oxygens (including phenoxy) is 1. The van der Waals surface area contributed by atoms with E-state index in [1.165, 1.54) is 5.69 Å². The number of aryl methyl sites for hydroxylation is 1. The van der Waals surface area contributed by atoms with Crippen molar-refractivity contribution >= 4 is 11.6 Å². The Morgan fingerprint density at radius 3 is 2.56 bits per heavy atom. The lowest BCUT2D eigenvalue weighted by molar-refractivity contribution is -0.123. The molecule has 1 amide bonds. The molecule has 1 aliphatic heterocycles. The van der Waals surface area contributed by atoms with Crippen molar-refractivity contribution in [2.24, 2.45) is 0 Å². The summed E-state index contributed by atoms with van der Waals surface area (Å²) in [5, 5.41) is 2.94. The minimum absolute atomic E-state index is 0.0644. The van der Waals surface area contributed by atoms with Crippen LogP contribution in [-0.4, -0.2) is 56.7 Å². The van der Waals surface area contributed by atoms with E-state index in [1.807, 2.05) is 31.2 Å². The highest BCUT2D eigenvalue weighted by molar-refractivity contribution is 5.77. The maximum atomic E-state index is 11.9. The van der Waals surface area contributed by atoms with Crippen LogP contribution < -0.4 is 15.0 Å². The molecule has 5 heteroatoms. The van der Waals surface area contributed by atoms with Crippen LogP contribution in [0.4, 0.5) is 5.69 Å². The average molecular weight is 367 g/mol. The number of piperazine rings is 1. The molecular weight excluding hydrogens is 338 g/mol. The first-order chi connectivity index (χ1) is 13.2. The van der Waals surface area contributed by atoms with Crippen LogP contribution in [0.1, 0.15) is 12.0 Å². The zero-order valence-electron chi connectivity index (χ0n) is 16.1. The third-order valence-electron chi connectivity index (χ3n) is 4.83. The van der Waals surface area contributed by atoms with Gasteiger partial charge in [-0.25, -0.2) is 0 Å². The van der Waals surface area contributed by atoms with Gasteiger partial charge < -0.3 is 15.0 Å². The molecule has 1 N–H and O–H groups in total. The molecule has 5 nitrogen and oxygen atoms in total. The SMILES string of the molecule is Cc1cccc(OCC(=O)NCCCN2CCN(c3ccccc3)CC2)c1. The second-order valence-electron chi connectivity index (χ2n) is 6.97. The summed E-state index contributed by atoms with van der Waals surface area (Å²) in [6.45, 7) is 8.03. The van der Waals surface area contributed by atoms with Crippen LogP contribution in [0.2, 0.25) is 0 Å². The molecule has 0 radical (unpaired) electrons. The van der Waals surface area contributed by atoms with E-state index in [9.17, 15) is 4.79 Å². The number of nitrogens with zero attached hydrogens (tertiary/aromatic N) is 2. The molecule has 0 aromatic heterocycles. The third-order valence-corrected chi connectivity index (χ3v) is 4.83. The third kappa shape index (κ3) is 6.29. The molecule has 2 aromatic carbocycles. The molecule has 0 bridgehead atoms. The van der Waals surface area contributed by atoms with Gasteiger partial charge in [-0.1, -0.05) is 30.3 Å². The summed E-state index contributed by atoms with van der Waals surface area (Å²) >= 11 is 0. The quantitative estimate of drug-likeness (QED) is 0.729. The standard InChI is InChI=1S/C22H29N3O2/c1-19-7-5-10-21(17-19)27-18-22(26)23-11-6-12-24-13-15-25(16-14-24)20-8-3-2-4-9-20/h2-5,7-10,17H,6,11-16,18H2,1H3,(H,23,26). The molecule has 0 unspecified atom stereocenters. The maximum Gasteiger partial charge on any atom is 0.257 e. The fourth-order valence-electron chi connectivity index (χ4n) is 3.30. The monoisotopic (exact) mass is 367 g/mol. The smallest absolute Gasteiger partial charge is 0.257 e. The highest BCUT2D eigenvalue weighted by atomic mass is 16.5. The van der Waals surface area contributed by atoms with Gasteiger partial charge in [0.2, 0.25) is 0 Å². The number of hydrogen-bond acceptors (Lipinski definition) is 4. The van der Waals surface area contributed by atoms with Crippen molar-refractivity contribution in [1.29, 1.82) is 0 Å². The van der Waals surface area contributed by atoms with Crippen LogP contribution in [0.15, 0.2) is 54.6 Å². The Morgan fingerprint density at radius 2 is 1.81 bits per heavy atom. The summed E-state index contributed by atoms with van der Waals surface area (Å²) in [4.78, 5) is 16.8. The van der Waals surface area contributed by atoms with Gasteiger partial charge in [-0.3, -0.25) is 9.69 Å². The number of amides is 1. The molecule has 0 aliphatic carbocycles. The van der Waals surface area contributed by atoms with Gasteiger partial charge in [-0.2, -0.15) is 0 Å². The fraction of sp³-hybridized carbons (Fsp3) is 0.409. The predicted octanol–water partition coefficient (Wildman–Crippen LogP) is 2.70. The maximum absolute atomic E-state index is 11.9. The van der Waals surface area contributed by atoms with E-state index in [2.05, 4.69) is 45.4 Å². The summed E-state index contributed by atoms with van der Waals surface area (Å²) in [5.41, 5.74) is 2.43. The van der Waals surface area contributed by atoms with Crippen molar-refractivity contribution in [2.75, 3.05) is 50.8 Å². The molecule has 2 aromatic rings. The number of nitrogens with one attached hydrogen (secondary N) is 1. The minimum Gasteiger partial charge on any atom is -0.484 e. The number of hydrogen-bond donors (Lipinski definition) is 1. The van der Waals surface area contributed by atoms with Crippen molar-refractivity contribution < 1.29 is 9.53 Å². The number of rotatable bonds is 8. The van der Waals surface area contributed by atoms with Crippen molar-refractivity contribution in [2.45, 2.75) is 13.3 Å². The summed E-state index contributed by atoms with van der Waals surface area (Å²) in [6.07, 6.45) is 0.960. The molecule has 144 valence electrons. The Morgan fingerprint density at radius 1 is 1.04 bits per heavy atom. The van der Waals surface area contributed by atoms with Crippen molar-refractivity contribution in [3.05, 3.63) is 60.2 Å². The van der Waals surface area contributed by atoms with E-state index < -0.39 is 0 Å². The van der Waals surface area contributed by atoms with E-state index in [0.29, 0.717) is 6.54 Å². The predicted molar refractivity (Wildman–Crippen MR) is 109 cm³/mol. The number of para-hydroxylation sites is 1. The normalized spacial score (nSPS) is 14.8. The van der Waals surface area contributed by atoms with Crippen molar-refractivity contribution in [3.63, 3.8) is 0 Å². The van der Waals surface area contributed by atoms with E-state index >= 15 is 0 Å². The summed E-state index contributed by atoms with van der Waals surface area (Å²) < 4.78 is 5.52. The van der Waals surface area contributed by atoms with Crippen LogP contribution in [0.3, 0.4) is 0 Å². The lowest BCUT2D eigenvalue weighted by atomic mass is 10.2. The van der Waals surface area contributed by atoms with Gasteiger partial charge >= 0.3 is 0 Å². The molecular formula is C22H29N3O2. The van der Waals surface area contributed by atoms with Gasteiger partial charge in [-0.15, -0.1) is 0 Å². The second-order valence-corrected chi connectivity index (χ2v) is 6.97. The van der Waals surface area contributed by atoms with E-state index in [1.54, 1.807) is 0 Å². The van der Waals surface area contributed by atoms with Crippen LogP contribution >= 0.6 is 0 Å². The zero-order chi connectivity index (χ0) is 18.9. The molecule has 1 fully saturated rings. The first kappa shape index (κ1) is 19.2. The van der Waals surface area contributed by atoms with Crippen LogP contribution in [0, 0.1) is 6.92 Å². The van der Waals surface area contributed by atoms with Crippen LogP contribution in [-0.2, 0) is 4.79 Å². The second kappa shape index (κ2) is 9.97. The van der Waals surface area contributed by atoms with Crippen molar-refractivity contribution in [3.8, 4) is 5.75 Å². The molecule has 1 heterocycles. The fourth-order valence-corrected chi connectivity index (χ4v) is 3.30. The lowest BCUT2D eigenvalue weighted by Crippen LogP contribution is -2.47. The molecule has 0 spiro atoms. The topological polar surface area (TPSA) is 44.8 Å². The minimum atomic E-state index is -0.0644. The molecule has 27 heavy (non-hydrogen) atoms. The summed E-state index contributed by atoms with van der Waals surface area (Å²) in [6, 6.07) is 18.3. The van der Waals surface area contributed by atoms with Crippen molar-refractivity contribution in [1.82, 2.24) is 10.2 Å². The molecule has 1 saturated heterocycles. The van der Waals surface area contributed by atoms with Gasteiger partial charge in [0.25, 0.3) is 5.91 Å². The molecule has 3 rings (SSSR count). The summed E-state index contributed by atoms with van der Waals surface area (Å²) in [5.74, 6) is 0.673. The van der Waals surface area contributed by atoms with Crippen LogP contribution in [0.5, 0.6) is 5.75 Å². The molecule has 0 atom stereocenters. The first-order valence-corrected chi connectivity index (χ1v) is 9.69. The van der Waals surface area contributed by atoms with Gasteiger partial charge in [-0.05, 0) is 49.7 Å². The Labute approximate surface area is 161 Å². The summed E-state index contributed by atoms with van der Waals surface area (Å²) in [7, 11) is 0.